The highest BCUT2D eigenvalue weighted by atomic mass is 16.5. The quantitative estimate of drug-likeness (QED) is 0.663. The lowest BCUT2D eigenvalue weighted by Gasteiger charge is -2.57. The summed E-state index contributed by atoms with van der Waals surface area (Å²) in [4.78, 5) is 28.6. The summed E-state index contributed by atoms with van der Waals surface area (Å²) in [5.41, 5.74) is 3.02. The molecule has 1 saturated heterocycles. The van der Waals surface area contributed by atoms with Crippen LogP contribution in [0.25, 0.3) is 0 Å². The Labute approximate surface area is 154 Å². The van der Waals surface area contributed by atoms with E-state index in [1.54, 1.807) is 6.20 Å². The zero-order valence-electron chi connectivity index (χ0n) is 15.7. The maximum Gasteiger partial charge on any atom is 0.305 e. The Bertz CT molecular complexity index is 732. The van der Waals surface area contributed by atoms with E-state index in [0.717, 1.165) is 25.1 Å². The number of hydrogen-bond acceptors (Lipinski definition) is 5. The van der Waals surface area contributed by atoms with Crippen LogP contribution in [0.1, 0.15) is 67.1 Å². The number of pyridine rings is 1. The number of nitrogens with zero attached hydrogens (tertiary/aromatic N) is 1. The minimum absolute atomic E-state index is 0.0141. The number of nitrogens with one attached hydrogen (secondary N) is 1. The number of Topliss-reactive ketones (excluding diaryl/α,β-unsaturated/α-hetero) is 1. The predicted molar refractivity (Wildman–Crippen MR) is 97.8 cm³/mol. The van der Waals surface area contributed by atoms with Gasteiger partial charge in [-0.2, -0.15) is 0 Å². The van der Waals surface area contributed by atoms with Gasteiger partial charge in [-0.05, 0) is 68.0 Å². The van der Waals surface area contributed by atoms with Crippen molar-refractivity contribution in [2.24, 2.45) is 17.8 Å². The Morgan fingerprint density at radius 3 is 3.04 bits per heavy atom. The van der Waals surface area contributed by atoms with E-state index in [-0.39, 0.29) is 30.1 Å². The van der Waals surface area contributed by atoms with Crippen LogP contribution in [0.3, 0.4) is 0 Å². The SMILES string of the molecule is COC(=O)CCC(=O)c1cnc2c(c1)C13CC(C)CC(C2)C1CCCN3. The summed E-state index contributed by atoms with van der Waals surface area (Å²) < 4.78 is 4.65. The predicted octanol–water partition coefficient (Wildman–Crippen LogP) is 3.01. The zero-order chi connectivity index (χ0) is 18.3. The van der Waals surface area contributed by atoms with Crippen molar-refractivity contribution in [2.45, 2.75) is 57.4 Å². The second-order valence-electron chi connectivity index (χ2n) is 8.37. The molecule has 4 unspecified atom stereocenters. The molecule has 5 heteroatoms. The molecule has 4 rings (SSSR count). The minimum atomic E-state index is -0.346. The van der Waals surface area contributed by atoms with Gasteiger partial charge in [0, 0.05) is 29.4 Å². The molecule has 2 heterocycles. The highest BCUT2D eigenvalue weighted by Crippen LogP contribution is 2.55. The summed E-state index contributed by atoms with van der Waals surface area (Å²) in [5, 5.41) is 3.85. The van der Waals surface area contributed by atoms with Crippen LogP contribution < -0.4 is 5.32 Å². The van der Waals surface area contributed by atoms with Crippen LogP contribution in [0, 0.1) is 17.8 Å². The third kappa shape index (κ3) is 2.86. The Morgan fingerprint density at radius 2 is 2.23 bits per heavy atom. The Balaban J connectivity index is 1.67. The average molecular weight is 356 g/mol. The Morgan fingerprint density at radius 1 is 1.38 bits per heavy atom. The zero-order valence-corrected chi connectivity index (χ0v) is 15.7. The number of esters is 1. The van der Waals surface area contributed by atoms with Crippen molar-refractivity contribution in [3.63, 3.8) is 0 Å². The summed E-state index contributed by atoms with van der Waals surface area (Å²) in [5.74, 6) is 1.67. The van der Waals surface area contributed by atoms with Gasteiger partial charge >= 0.3 is 5.97 Å². The number of ketones is 1. The number of piperidine rings is 1. The van der Waals surface area contributed by atoms with Crippen molar-refractivity contribution in [2.75, 3.05) is 13.7 Å². The van der Waals surface area contributed by atoms with Crippen LogP contribution >= 0.6 is 0 Å². The van der Waals surface area contributed by atoms with Crippen LogP contribution in [0.5, 0.6) is 0 Å². The number of ether oxygens (including phenoxy) is 1. The largest absolute Gasteiger partial charge is 0.469 e. The summed E-state index contributed by atoms with van der Waals surface area (Å²) in [6.07, 6.45) is 7.95. The molecule has 2 aliphatic carbocycles. The van der Waals surface area contributed by atoms with E-state index in [1.807, 2.05) is 0 Å². The van der Waals surface area contributed by atoms with Gasteiger partial charge in [0.15, 0.2) is 5.78 Å². The number of carbonyl (C=O) groups is 2. The van der Waals surface area contributed by atoms with Gasteiger partial charge in [-0.3, -0.25) is 14.6 Å². The molecule has 2 bridgehead atoms. The first-order chi connectivity index (χ1) is 12.5. The van der Waals surface area contributed by atoms with Gasteiger partial charge in [-0.25, -0.2) is 0 Å². The van der Waals surface area contributed by atoms with E-state index >= 15 is 0 Å². The Hall–Kier alpha value is -1.75. The van der Waals surface area contributed by atoms with Crippen molar-refractivity contribution in [1.82, 2.24) is 10.3 Å². The average Bonchev–Trinajstić information content (AvgIpc) is 2.65. The molecule has 2 fully saturated rings. The van der Waals surface area contributed by atoms with E-state index in [0.29, 0.717) is 23.3 Å². The molecular formula is C21H28N2O3. The first-order valence-corrected chi connectivity index (χ1v) is 9.88. The van der Waals surface area contributed by atoms with Gasteiger partial charge in [0.2, 0.25) is 0 Å². The number of hydrogen-bond donors (Lipinski definition) is 1. The summed E-state index contributed by atoms with van der Waals surface area (Å²) >= 11 is 0. The lowest BCUT2D eigenvalue weighted by molar-refractivity contribution is -0.140. The molecule has 1 aliphatic heterocycles. The summed E-state index contributed by atoms with van der Waals surface area (Å²) in [6.45, 7) is 3.39. The van der Waals surface area contributed by atoms with E-state index < -0.39 is 0 Å². The molecule has 5 nitrogen and oxygen atoms in total. The molecule has 1 saturated carbocycles. The topological polar surface area (TPSA) is 68.3 Å². The fourth-order valence-electron chi connectivity index (χ4n) is 5.72. The molecule has 0 amide bonds. The van der Waals surface area contributed by atoms with Gasteiger partial charge in [-0.15, -0.1) is 0 Å². The van der Waals surface area contributed by atoms with Gasteiger partial charge in [0.25, 0.3) is 0 Å². The fraction of sp³-hybridized carbons (Fsp3) is 0.667. The van der Waals surface area contributed by atoms with Crippen molar-refractivity contribution >= 4 is 11.8 Å². The number of methoxy groups -OCH3 is 1. The maximum atomic E-state index is 12.6. The highest BCUT2D eigenvalue weighted by Gasteiger charge is 2.53. The lowest BCUT2D eigenvalue weighted by atomic mass is 9.54. The molecule has 140 valence electrons. The molecule has 26 heavy (non-hydrogen) atoms. The van der Waals surface area contributed by atoms with Gasteiger partial charge in [0.05, 0.1) is 13.5 Å². The first kappa shape index (κ1) is 17.7. The van der Waals surface area contributed by atoms with Crippen LogP contribution in [0.2, 0.25) is 0 Å². The third-order valence-corrected chi connectivity index (χ3v) is 6.72. The smallest absolute Gasteiger partial charge is 0.305 e. The second-order valence-corrected chi connectivity index (χ2v) is 8.37. The van der Waals surface area contributed by atoms with Crippen LogP contribution in [0.15, 0.2) is 12.3 Å². The molecule has 3 aliphatic rings. The van der Waals surface area contributed by atoms with Crippen molar-refractivity contribution in [3.05, 3.63) is 29.1 Å². The van der Waals surface area contributed by atoms with Crippen LogP contribution in [-0.2, 0) is 21.5 Å². The van der Waals surface area contributed by atoms with Gasteiger partial charge in [-0.1, -0.05) is 6.92 Å². The van der Waals surface area contributed by atoms with E-state index in [2.05, 4.69) is 23.0 Å². The monoisotopic (exact) mass is 356 g/mol. The van der Waals surface area contributed by atoms with Gasteiger partial charge < -0.3 is 10.1 Å². The normalized spacial score (nSPS) is 32.3. The standard InChI is InChI=1S/C21H28N2O3/c1-13-8-14-10-18-17(21(11-13)16(14)4-3-7-23-21)9-15(12-22-18)19(24)5-6-20(25)26-2/h9,12-14,16,23H,3-8,10-11H2,1-2H3. The van der Waals surface area contributed by atoms with Gasteiger partial charge in [0.1, 0.15) is 0 Å². The molecule has 0 spiro atoms. The molecular weight excluding hydrogens is 328 g/mol. The number of fused-ring (bicyclic) bond motifs is 1. The van der Waals surface area contributed by atoms with E-state index in [4.69, 9.17) is 4.98 Å². The number of aromatic nitrogens is 1. The van der Waals surface area contributed by atoms with E-state index in [1.165, 1.54) is 31.9 Å². The lowest BCUT2D eigenvalue weighted by Crippen LogP contribution is -2.60. The van der Waals surface area contributed by atoms with E-state index in [9.17, 15) is 9.59 Å². The number of carbonyl (C=O) groups excluding carboxylic acids is 2. The molecule has 1 N–H and O–H groups in total. The minimum Gasteiger partial charge on any atom is -0.469 e. The fourth-order valence-corrected chi connectivity index (χ4v) is 5.72. The van der Waals surface area contributed by atoms with Crippen molar-refractivity contribution in [1.29, 1.82) is 0 Å². The van der Waals surface area contributed by atoms with Crippen LogP contribution in [-0.4, -0.2) is 30.4 Å². The molecule has 0 aromatic carbocycles. The van der Waals surface area contributed by atoms with Crippen molar-refractivity contribution < 1.29 is 14.3 Å². The summed E-state index contributed by atoms with van der Waals surface area (Å²) in [7, 11) is 1.35. The molecule has 4 atom stereocenters. The molecule has 1 aromatic rings. The summed E-state index contributed by atoms with van der Waals surface area (Å²) in [6, 6.07) is 2.07. The van der Waals surface area contributed by atoms with Crippen molar-refractivity contribution in [3.8, 4) is 0 Å². The maximum absolute atomic E-state index is 12.6. The molecule has 1 aromatic heterocycles. The third-order valence-electron chi connectivity index (χ3n) is 6.72. The number of rotatable bonds is 4. The molecule has 0 radical (unpaired) electrons. The second kappa shape index (κ2) is 6.76. The van der Waals surface area contributed by atoms with Crippen LogP contribution in [0.4, 0.5) is 0 Å². The Kier molecular flexibility index (Phi) is 4.59. The highest BCUT2D eigenvalue weighted by molar-refractivity contribution is 5.97. The first-order valence-electron chi connectivity index (χ1n) is 9.88.